The summed E-state index contributed by atoms with van der Waals surface area (Å²) < 4.78 is 0. The van der Waals surface area contributed by atoms with Gasteiger partial charge in [0.05, 0.1) is 6.04 Å². The molecular formula is C12H13N3S. The maximum atomic E-state index is 4.21. The molecule has 16 heavy (non-hydrogen) atoms. The first-order valence-corrected chi connectivity index (χ1v) is 6.41. The van der Waals surface area contributed by atoms with Crippen molar-refractivity contribution in [2.75, 3.05) is 5.32 Å². The molecule has 2 aromatic heterocycles. The van der Waals surface area contributed by atoms with Gasteiger partial charge in [-0.2, -0.15) is 0 Å². The molecule has 2 heterocycles. The topological polar surface area (TPSA) is 37.8 Å². The molecule has 2 aromatic rings. The first-order chi connectivity index (χ1) is 7.93. The highest BCUT2D eigenvalue weighted by Crippen LogP contribution is 2.34. The first-order valence-electron chi connectivity index (χ1n) is 5.53. The molecule has 1 unspecified atom stereocenters. The van der Waals surface area contributed by atoms with Crippen molar-refractivity contribution in [1.29, 1.82) is 0 Å². The fraction of sp³-hybridized carbons (Fsp3) is 0.333. The normalized spacial score (nSPS) is 19.1. The number of hydrogen-bond donors (Lipinski definition) is 1. The number of thiophene rings is 1. The molecule has 0 saturated heterocycles. The lowest BCUT2D eigenvalue weighted by Gasteiger charge is -2.23. The van der Waals surface area contributed by atoms with E-state index >= 15 is 0 Å². The second kappa shape index (κ2) is 4.22. The summed E-state index contributed by atoms with van der Waals surface area (Å²) in [6.45, 7) is 0. The van der Waals surface area contributed by atoms with Gasteiger partial charge in [0.2, 0.25) is 5.95 Å². The maximum absolute atomic E-state index is 4.21. The highest BCUT2D eigenvalue weighted by Gasteiger charge is 2.21. The molecule has 0 fully saturated rings. The molecule has 3 rings (SSSR count). The Bertz CT molecular complexity index is 466. The molecular weight excluding hydrogens is 218 g/mol. The van der Waals surface area contributed by atoms with Crippen LogP contribution in [-0.4, -0.2) is 9.97 Å². The fourth-order valence-corrected chi connectivity index (χ4v) is 3.15. The fourth-order valence-electron chi connectivity index (χ4n) is 2.17. The molecule has 0 aromatic carbocycles. The van der Waals surface area contributed by atoms with Gasteiger partial charge in [0.25, 0.3) is 0 Å². The number of fused-ring (bicyclic) bond motifs is 1. The molecule has 4 heteroatoms. The van der Waals surface area contributed by atoms with E-state index in [9.17, 15) is 0 Å². The van der Waals surface area contributed by atoms with Gasteiger partial charge in [-0.3, -0.25) is 0 Å². The zero-order chi connectivity index (χ0) is 10.8. The van der Waals surface area contributed by atoms with Crippen LogP contribution >= 0.6 is 11.3 Å². The van der Waals surface area contributed by atoms with Gasteiger partial charge in [-0.05, 0) is 42.3 Å². The Morgan fingerprint density at radius 1 is 1.31 bits per heavy atom. The SMILES string of the molecule is c1cnc(NC2CCCc3sccc32)nc1. The third-order valence-corrected chi connectivity index (χ3v) is 3.92. The number of nitrogens with zero attached hydrogens (tertiary/aromatic N) is 2. The van der Waals surface area contributed by atoms with E-state index in [1.54, 1.807) is 12.4 Å². The second-order valence-electron chi connectivity index (χ2n) is 3.96. The van der Waals surface area contributed by atoms with E-state index in [-0.39, 0.29) is 0 Å². The van der Waals surface area contributed by atoms with Crippen molar-refractivity contribution in [2.24, 2.45) is 0 Å². The van der Waals surface area contributed by atoms with E-state index in [2.05, 4.69) is 26.7 Å². The van der Waals surface area contributed by atoms with Crippen molar-refractivity contribution < 1.29 is 0 Å². The summed E-state index contributed by atoms with van der Waals surface area (Å²) in [5.74, 6) is 0.728. The molecule has 1 aliphatic carbocycles. The Morgan fingerprint density at radius 3 is 3.06 bits per heavy atom. The Kier molecular flexibility index (Phi) is 2.58. The lowest BCUT2D eigenvalue weighted by atomic mass is 9.94. The molecule has 0 radical (unpaired) electrons. The van der Waals surface area contributed by atoms with E-state index < -0.39 is 0 Å². The quantitative estimate of drug-likeness (QED) is 0.863. The van der Waals surface area contributed by atoms with Crippen LogP contribution < -0.4 is 5.32 Å². The van der Waals surface area contributed by atoms with Gasteiger partial charge in [-0.15, -0.1) is 11.3 Å². The number of aryl methyl sites for hydroxylation is 1. The van der Waals surface area contributed by atoms with Gasteiger partial charge in [-0.1, -0.05) is 0 Å². The molecule has 1 aliphatic rings. The zero-order valence-electron chi connectivity index (χ0n) is 8.89. The van der Waals surface area contributed by atoms with E-state index in [1.807, 2.05) is 17.4 Å². The summed E-state index contributed by atoms with van der Waals surface area (Å²) in [4.78, 5) is 9.94. The Hall–Kier alpha value is -1.42. The van der Waals surface area contributed by atoms with Gasteiger partial charge < -0.3 is 5.32 Å². The number of nitrogens with one attached hydrogen (secondary N) is 1. The van der Waals surface area contributed by atoms with Crippen LogP contribution in [0.2, 0.25) is 0 Å². The molecule has 0 saturated carbocycles. The highest BCUT2D eigenvalue weighted by atomic mass is 32.1. The van der Waals surface area contributed by atoms with E-state index in [1.165, 1.54) is 29.7 Å². The second-order valence-corrected chi connectivity index (χ2v) is 4.96. The Balaban J connectivity index is 1.83. The third kappa shape index (κ3) is 1.80. The summed E-state index contributed by atoms with van der Waals surface area (Å²) in [6.07, 6.45) is 7.18. The summed E-state index contributed by atoms with van der Waals surface area (Å²) in [7, 11) is 0. The third-order valence-electron chi connectivity index (χ3n) is 2.92. The van der Waals surface area contributed by atoms with E-state index in [0.29, 0.717) is 6.04 Å². The molecule has 0 amide bonds. The molecule has 1 N–H and O–H groups in total. The standard InChI is InChI=1S/C12H13N3S/c1-3-10(9-5-8-16-11(9)4-1)15-12-13-6-2-7-14-12/h2,5-8,10H,1,3-4H2,(H,13,14,15). The van der Waals surface area contributed by atoms with Crippen molar-refractivity contribution >= 4 is 17.3 Å². The summed E-state index contributed by atoms with van der Waals surface area (Å²) >= 11 is 1.86. The van der Waals surface area contributed by atoms with Crippen molar-refractivity contribution in [3.63, 3.8) is 0 Å². The van der Waals surface area contributed by atoms with Crippen LogP contribution in [0.15, 0.2) is 29.9 Å². The van der Waals surface area contributed by atoms with Crippen molar-refractivity contribution in [3.8, 4) is 0 Å². The number of rotatable bonds is 2. The highest BCUT2D eigenvalue weighted by molar-refractivity contribution is 7.10. The van der Waals surface area contributed by atoms with Crippen molar-refractivity contribution in [3.05, 3.63) is 40.3 Å². The molecule has 3 nitrogen and oxygen atoms in total. The minimum atomic E-state index is 0.386. The van der Waals surface area contributed by atoms with Crippen LogP contribution in [0, 0.1) is 0 Å². The van der Waals surface area contributed by atoms with Gasteiger partial charge in [0, 0.05) is 17.3 Å². The zero-order valence-corrected chi connectivity index (χ0v) is 9.70. The smallest absolute Gasteiger partial charge is 0.223 e. The lowest BCUT2D eigenvalue weighted by molar-refractivity contribution is 0.604. The first kappa shape index (κ1) is 9.78. The molecule has 1 atom stereocenters. The molecule has 82 valence electrons. The molecule has 0 aliphatic heterocycles. The van der Waals surface area contributed by atoms with Crippen LogP contribution in [-0.2, 0) is 6.42 Å². The molecule has 0 spiro atoms. The van der Waals surface area contributed by atoms with Crippen LogP contribution in [0.5, 0.6) is 0 Å². The molecule has 0 bridgehead atoms. The average molecular weight is 231 g/mol. The van der Waals surface area contributed by atoms with Crippen LogP contribution in [0.25, 0.3) is 0 Å². The Morgan fingerprint density at radius 2 is 2.19 bits per heavy atom. The van der Waals surface area contributed by atoms with Gasteiger partial charge >= 0.3 is 0 Å². The maximum Gasteiger partial charge on any atom is 0.223 e. The van der Waals surface area contributed by atoms with Crippen molar-refractivity contribution in [1.82, 2.24) is 9.97 Å². The largest absolute Gasteiger partial charge is 0.347 e. The number of anilines is 1. The van der Waals surface area contributed by atoms with Gasteiger partial charge in [0.15, 0.2) is 0 Å². The average Bonchev–Trinajstić information content (AvgIpc) is 2.80. The number of hydrogen-bond acceptors (Lipinski definition) is 4. The van der Waals surface area contributed by atoms with E-state index in [4.69, 9.17) is 0 Å². The van der Waals surface area contributed by atoms with Crippen molar-refractivity contribution in [2.45, 2.75) is 25.3 Å². The minimum Gasteiger partial charge on any atom is -0.347 e. The van der Waals surface area contributed by atoms with E-state index in [0.717, 1.165) is 5.95 Å². The lowest BCUT2D eigenvalue weighted by Crippen LogP contribution is -2.16. The van der Waals surface area contributed by atoms with Gasteiger partial charge in [0.1, 0.15) is 0 Å². The Labute approximate surface area is 98.6 Å². The van der Waals surface area contributed by atoms with Gasteiger partial charge in [-0.25, -0.2) is 9.97 Å². The number of aromatic nitrogens is 2. The van der Waals surface area contributed by atoms with Crippen LogP contribution in [0.4, 0.5) is 5.95 Å². The summed E-state index contributed by atoms with van der Waals surface area (Å²) in [6, 6.07) is 4.44. The predicted octanol–water partition coefficient (Wildman–Crippen LogP) is 3.03. The monoisotopic (exact) mass is 231 g/mol. The minimum absolute atomic E-state index is 0.386. The van der Waals surface area contributed by atoms with Crippen LogP contribution in [0.3, 0.4) is 0 Å². The predicted molar refractivity (Wildman–Crippen MR) is 65.7 cm³/mol. The summed E-state index contributed by atoms with van der Waals surface area (Å²) in [5.41, 5.74) is 1.43. The van der Waals surface area contributed by atoms with Crippen LogP contribution in [0.1, 0.15) is 29.3 Å². The summed E-state index contributed by atoms with van der Waals surface area (Å²) in [5, 5.41) is 5.58.